The Balaban J connectivity index is 1.44. The third-order valence-corrected chi connectivity index (χ3v) is 7.03. The fraction of sp³-hybridized carbons (Fsp3) is 0.391. The number of carbonyl (C=O) groups is 1. The van der Waals surface area contributed by atoms with Gasteiger partial charge in [-0.3, -0.25) is 9.80 Å². The van der Waals surface area contributed by atoms with Gasteiger partial charge in [0.2, 0.25) is 5.91 Å². The van der Waals surface area contributed by atoms with Crippen LogP contribution in [0.25, 0.3) is 0 Å². The standard InChI is InChI=1S/C23H23BrClF3N4O2/c1-34-18-13-16(7-8-17(18)24)30-9-11-31(12-10-30)19(33)14-32-22(23(26,27)28)20(25)21(29-32)15-5-3-2-4-6-15/h2-8,13,20,22H,9-12,14H2,1H3. The minimum Gasteiger partial charge on any atom is -0.495 e. The molecule has 2 unspecified atom stereocenters. The van der Waals surface area contributed by atoms with Gasteiger partial charge in [-0.1, -0.05) is 30.3 Å². The molecule has 2 atom stereocenters. The molecule has 2 aliphatic rings. The summed E-state index contributed by atoms with van der Waals surface area (Å²) >= 11 is 9.64. The van der Waals surface area contributed by atoms with Crippen LogP contribution >= 0.6 is 27.5 Å². The molecule has 1 saturated heterocycles. The Kier molecular flexibility index (Phi) is 7.28. The van der Waals surface area contributed by atoms with Crippen LogP contribution in [0.15, 0.2) is 58.1 Å². The molecule has 0 aromatic heterocycles. The number of carbonyl (C=O) groups excluding carboxylic acids is 1. The molecule has 1 amide bonds. The smallest absolute Gasteiger partial charge is 0.412 e. The molecule has 0 N–H and O–H groups in total. The first-order valence-electron chi connectivity index (χ1n) is 10.7. The average Bonchev–Trinajstić information content (AvgIpc) is 3.16. The van der Waals surface area contributed by atoms with Crippen LogP contribution in [0.1, 0.15) is 5.56 Å². The molecule has 0 saturated carbocycles. The number of benzene rings is 2. The van der Waals surface area contributed by atoms with Gasteiger partial charge in [0.25, 0.3) is 0 Å². The van der Waals surface area contributed by atoms with E-state index in [-0.39, 0.29) is 5.71 Å². The average molecular weight is 560 g/mol. The molecule has 6 nitrogen and oxygen atoms in total. The Bertz CT molecular complexity index is 1060. The molecule has 34 heavy (non-hydrogen) atoms. The zero-order chi connectivity index (χ0) is 24.5. The van der Waals surface area contributed by atoms with Crippen LogP contribution in [0.2, 0.25) is 0 Å². The first-order valence-corrected chi connectivity index (χ1v) is 11.9. The third kappa shape index (κ3) is 5.12. The lowest BCUT2D eigenvalue weighted by atomic mass is 10.0. The van der Waals surface area contributed by atoms with Gasteiger partial charge in [-0.25, -0.2) is 0 Å². The molecule has 0 aliphatic carbocycles. The molecule has 11 heteroatoms. The lowest BCUT2D eigenvalue weighted by Gasteiger charge is -2.37. The van der Waals surface area contributed by atoms with Gasteiger partial charge in [0.1, 0.15) is 17.7 Å². The maximum atomic E-state index is 13.8. The summed E-state index contributed by atoms with van der Waals surface area (Å²) in [4.78, 5) is 16.6. The second kappa shape index (κ2) is 10.0. The normalized spacial score (nSPS) is 21.0. The van der Waals surface area contributed by atoms with E-state index in [2.05, 4.69) is 25.9 Å². The number of methoxy groups -OCH3 is 1. The summed E-state index contributed by atoms with van der Waals surface area (Å²) in [6, 6.07) is 12.2. The molecule has 0 radical (unpaired) electrons. The van der Waals surface area contributed by atoms with Gasteiger partial charge in [0.15, 0.2) is 6.04 Å². The minimum absolute atomic E-state index is 0.117. The highest BCUT2D eigenvalue weighted by atomic mass is 79.9. The number of rotatable bonds is 5. The molecule has 2 aliphatic heterocycles. The summed E-state index contributed by atoms with van der Waals surface area (Å²) < 4.78 is 47.7. The largest absolute Gasteiger partial charge is 0.495 e. The number of hydrogen-bond donors (Lipinski definition) is 0. The van der Waals surface area contributed by atoms with Crippen molar-refractivity contribution < 1.29 is 22.7 Å². The van der Waals surface area contributed by atoms with E-state index >= 15 is 0 Å². The second-order valence-corrected chi connectivity index (χ2v) is 9.35. The Morgan fingerprint density at radius 1 is 1.15 bits per heavy atom. The number of hydrazone groups is 1. The van der Waals surface area contributed by atoms with Crippen molar-refractivity contribution in [3.8, 4) is 5.75 Å². The third-order valence-electron chi connectivity index (χ3n) is 5.93. The van der Waals surface area contributed by atoms with Gasteiger partial charge in [-0.2, -0.15) is 18.3 Å². The van der Waals surface area contributed by atoms with Crippen molar-refractivity contribution in [3.05, 3.63) is 58.6 Å². The number of hydrogen-bond acceptors (Lipinski definition) is 5. The summed E-state index contributed by atoms with van der Waals surface area (Å²) in [7, 11) is 1.59. The molecule has 0 spiro atoms. The Morgan fingerprint density at radius 2 is 1.82 bits per heavy atom. The fourth-order valence-corrected chi connectivity index (χ4v) is 5.00. The van der Waals surface area contributed by atoms with Gasteiger partial charge in [-0.05, 0) is 33.6 Å². The van der Waals surface area contributed by atoms with Crippen LogP contribution in [0, 0.1) is 0 Å². The highest BCUT2D eigenvalue weighted by Gasteiger charge is 2.53. The predicted molar refractivity (Wildman–Crippen MR) is 129 cm³/mol. The summed E-state index contributed by atoms with van der Waals surface area (Å²) in [6.07, 6.45) is -4.63. The summed E-state index contributed by atoms with van der Waals surface area (Å²) in [6.45, 7) is 1.39. The first kappa shape index (κ1) is 24.7. The van der Waals surface area contributed by atoms with Crippen LogP contribution in [0.5, 0.6) is 5.75 Å². The van der Waals surface area contributed by atoms with E-state index in [0.717, 1.165) is 15.2 Å². The summed E-state index contributed by atoms with van der Waals surface area (Å²) in [5.41, 5.74) is 1.57. The van der Waals surface area contributed by atoms with Crippen LogP contribution in [0.3, 0.4) is 0 Å². The van der Waals surface area contributed by atoms with E-state index in [0.29, 0.717) is 37.5 Å². The molecule has 4 rings (SSSR count). The monoisotopic (exact) mass is 558 g/mol. The van der Waals surface area contributed by atoms with Crippen molar-refractivity contribution in [3.63, 3.8) is 0 Å². The zero-order valence-corrected chi connectivity index (χ0v) is 20.6. The minimum atomic E-state index is -4.63. The molecule has 0 bridgehead atoms. The van der Waals surface area contributed by atoms with Crippen molar-refractivity contribution in [1.29, 1.82) is 0 Å². The first-order chi connectivity index (χ1) is 16.2. The SMILES string of the molecule is COc1cc(N2CCN(C(=O)CN3N=C(c4ccccc4)C(Cl)C3C(F)(F)F)CC2)ccc1Br. The lowest BCUT2D eigenvalue weighted by molar-refractivity contribution is -0.179. The van der Waals surface area contributed by atoms with E-state index < -0.39 is 30.0 Å². The van der Waals surface area contributed by atoms with Crippen LogP contribution in [-0.2, 0) is 4.79 Å². The molecular weight excluding hydrogens is 537 g/mol. The van der Waals surface area contributed by atoms with E-state index in [4.69, 9.17) is 16.3 Å². The molecule has 2 heterocycles. The van der Waals surface area contributed by atoms with E-state index in [1.165, 1.54) is 0 Å². The van der Waals surface area contributed by atoms with Gasteiger partial charge in [0, 0.05) is 37.9 Å². The predicted octanol–water partition coefficient (Wildman–Crippen LogP) is 4.36. The molecule has 182 valence electrons. The highest BCUT2D eigenvalue weighted by molar-refractivity contribution is 9.10. The second-order valence-electron chi connectivity index (χ2n) is 8.02. The van der Waals surface area contributed by atoms with Crippen molar-refractivity contribution >= 4 is 44.8 Å². The van der Waals surface area contributed by atoms with Crippen LogP contribution in [-0.4, -0.2) is 79.0 Å². The number of nitrogens with zero attached hydrogens (tertiary/aromatic N) is 4. The maximum Gasteiger partial charge on any atom is 0.412 e. The van der Waals surface area contributed by atoms with Gasteiger partial charge in [0.05, 0.1) is 17.3 Å². The number of halogens is 5. The lowest BCUT2D eigenvalue weighted by Crippen LogP contribution is -2.53. The molecule has 1 fully saturated rings. The van der Waals surface area contributed by atoms with Crippen molar-refractivity contribution in [1.82, 2.24) is 9.91 Å². The van der Waals surface area contributed by atoms with Gasteiger partial charge < -0.3 is 14.5 Å². The number of anilines is 1. The van der Waals surface area contributed by atoms with E-state index in [1.54, 1.807) is 42.3 Å². The number of alkyl halides is 4. The number of ether oxygens (including phenoxy) is 1. The molecule has 2 aromatic rings. The number of amides is 1. The van der Waals surface area contributed by atoms with E-state index in [9.17, 15) is 18.0 Å². The van der Waals surface area contributed by atoms with Gasteiger partial charge >= 0.3 is 6.18 Å². The quantitative estimate of drug-likeness (QED) is 0.511. The Hall–Kier alpha value is -2.46. The van der Waals surface area contributed by atoms with Crippen LogP contribution in [0.4, 0.5) is 18.9 Å². The van der Waals surface area contributed by atoms with Crippen LogP contribution < -0.4 is 9.64 Å². The Morgan fingerprint density at radius 3 is 2.44 bits per heavy atom. The van der Waals surface area contributed by atoms with Crippen molar-refractivity contribution in [2.45, 2.75) is 17.6 Å². The van der Waals surface area contributed by atoms with Crippen molar-refractivity contribution in [2.75, 3.05) is 44.7 Å². The topological polar surface area (TPSA) is 48.4 Å². The zero-order valence-electron chi connectivity index (χ0n) is 18.3. The fourth-order valence-electron chi connectivity index (χ4n) is 4.15. The van der Waals surface area contributed by atoms with Gasteiger partial charge in [-0.15, -0.1) is 11.6 Å². The van der Waals surface area contributed by atoms with E-state index in [1.807, 2.05) is 18.2 Å². The summed E-state index contributed by atoms with van der Waals surface area (Å²) in [5.74, 6) is 0.287. The highest BCUT2D eigenvalue weighted by Crippen LogP contribution is 2.36. The molecular formula is C23H23BrClF3N4O2. The van der Waals surface area contributed by atoms with Crippen molar-refractivity contribution in [2.24, 2.45) is 5.10 Å². The number of piperazine rings is 1. The summed E-state index contributed by atoms with van der Waals surface area (Å²) in [5, 5.41) is 3.52. The Labute approximate surface area is 209 Å². The molecule has 2 aromatic carbocycles. The maximum absolute atomic E-state index is 13.8.